The number of halogens is 4. The molecule has 0 saturated carbocycles. The Balaban J connectivity index is 1.21. The zero-order valence-electron chi connectivity index (χ0n) is 19.1. The largest absolute Gasteiger partial charge is 0.495 e. The number of nitrogens with zero attached hydrogens (tertiary/aromatic N) is 4. The molecule has 7 nitrogen and oxygen atoms in total. The summed E-state index contributed by atoms with van der Waals surface area (Å²) in [5.74, 6) is -4.96. The Morgan fingerprint density at radius 3 is 2.23 bits per heavy atom. The lowest BCUT2D eigenvalue weighted by atomic mass is 9.73. The van der Waals surface area contributed by atoms with Gasteiger partial charge >= 0.3 is 0 Å². The smallest absolute Gasteiger partial charge is 0.227 e. The van der Waals surface area contributed by atoms with Crippen LogP contribution in [0, 0.1) is 28.7 Å². The highest BCUT2D eigenvalue weighted by atomic mass is 19.2. The van der Waals surface area contributed by atoms with Crippen LogP contribution in [0.1, 0.15) is 5.56 Å². The number of methoxy groups -OCH3 is 1. The van der Waals surface area contributed by atoms with Crippen LogP contribution < -0.4 is 19.7 Å². The van der Waals surface area contributed by atoms with Crippen molar-refractivity contribution in [3.8, 4) is 11.5 Å². The van der Waals surface area contributed by atoms with Gasteiger partial charge in [-0.1, -0.05) is 0 Å². The molecule has 2 aliphatic rings. The highest BCUT2D eigenvalue weighted by Crippen LogP contribution is 2.44. The SMILES string of the molecule is COc1cc(Nc2ncc(OCc3c(F)c(F)cc(F)c3F)cn2)ccc1N1CC2(CN(C)C2)C1. The van der Waals surface area contributed by atoms with E-state index in [-0.39, 0.29) is 17.8 Å². The summed E-state index contributed by atoms with van der Waals surface area (Å²) >= 11 is 0. The Bertz CT molecular complexity index is 1220. The summed E-state index contributed by atoms with van der Waals surface area (Å²) in [6, 6.07) is 5.88. The fraction of sp³-hybridized carbons (Fsp3) is 0.333. The van der Waals surface area contributed by atoms with Gasteiger partial charge in [-0.15, -0.1) is 0 Å². The van der Waals surface area contributed by atoms with Crippen LogP contribution in [0.3, 0.4) is 0 Å². The highest BCUT2D eigenvalue weighted by Gasteiger charge is 2.50. The van der Waals surface area contributed by atoms with Crippen LogP contribution in [0.15, 0.2) is 36.7 Å². The normalized spacial score (nSPS) is 16.6. The minimum Gasteiger partial charge on any atom is -0.495 e. The van der Waals surface area contributed by atoms with Gasteiger partial charge in [0.1, 0.15) is 12.4 Å². The fourth-order valence-electron chi connectivity index (χ4n) is 4.74. The summed E-state index contributed by atoms with van der Waals surface area (Å²) in [6.45, 7) is 3.51. The molecule has 2 aliphatic heterocycles. The van der Waals surface area contributed by atoms with Crippen molar-refractivity contribution >= 4 is 17.3 Å². The average Bonchev–Trinajstić information content (AvgIpc) is 2.80. The topological polar surface area (TPSA) is 62.8 Å². The highest BCUT2D eigenvalue weighted by molar-refractivity contribution is 5.68. The summed E-state index contributed by atoms with van der Waals surface area (Å²) in [5.41, 5.74) is 1.28. The minimum atomic E-state index is -1.51. The van der Waals surface area contributed by atoms with Crippen LogP contribution in [-0.4, -0.2) is 55.2 Å². The number of aromatic nitrogens is 2. The third kappa shape index (κ3) is 4.43. The van der Waals surface area contributed by atoms with Gasteiger partial charge in [0.2, 0.25) is 5.95 Å². The van der Waals surface area contributed by atoms with Gasteiger partial charge in [0.25, 0.3) is 0 Å². The maximum atomic E-state index is 13.8. The third-order valence-electron chi connectivity index (χ3n) is 6.25. The lowest BCUT2D eigenvalue weighted by Crippen LogP contribution is -2.71. The number of ether oxygens (including phenoxy) is 2. The fourth-order valence-corrected chi connectivity index (χ4v) is 4.74. The molecule has 11 heteroatoms. The van der Waals surface area contributed by atoms with Crippen LogP contribution in [0.5, 0.6) is 11.5 Å². The number of benzene rings is 2. The molecular formula is C24H23F4N5O2. The second-order valence-corrected chi connectivity index (χ2v) is 9.02. The van der Waals surface area contributed by atoms with Crippen molar-refractivity contribution in [2.75, 3.05) is 50.6 Å². The van der Waals surface area contributed by atoms with E-state index >= 15 is 0 Å². The zero-order valence-corrected chi connectivity index (χ0v) is 19.1. The van der Waals surface area contributed by atoms with E-state index in [0.29, 0.717) is 11.1 Å². The Labute approximate surface area is 199 Å². The molecule has 2 aromatic carbocycles. The molecule has 0 radical (unpaired) electrons. The summed E-state index contributed by atoms with van der Waals surface area (Å²) in [6.07, 6.45) is 2.56. The monoisotopic (exact) mass is 489 g/mol. The molecule has 1 N–H and O–H groups in total. The number of rotatable bonds is 7. The third-order valence-corrected chi connectivity index (χ3v) is 6.25. The van der Waals surface area contributed by atoms with Crippen molar-refractivity contribution in [1.29, 1.82) is 0 Å². The molecular weight excluding hydrogens is 466 g/mol. The van der Waals surface area contributed by atoms with Crippen molar-refractivity contribution in [1.82, 2.24) is 14.9 Å². The van der Waals surface area contributed by atoms with Gasteiger partial charge < -0.3 is 24.6 Å². The van der Waals surface area contributed by atoms with E-state index in [2.05, 4.69) is 32.1 Å². The Morgan fingerprint density at radius 1 is 0.971 bits per heavy atom. The first kappa shape index (κ1) is 23.2. The molecule has 1 spiro atoms. The van der Waals surface area contributed by atoms with Gasteiger partial charge in [-0.2, -0.15) is 0 Å². The predicted octanol–water partition coefficient (Wildman–Crippen LogP) is 4.12. The Morgan fingerprint density at radius 2 is 1.63 bits per heavy atom. The van der Waals surface area contributed by atoms with E-state index in [1.807, 2.05) is 18.2 Å². The molecule has 0 aliphatic carbocycles. The van der Waals surface area contributed by atoms with Gasteiger partial charge in [-0.05, 0) is 19.2 Å². The molecule has 0 unspecified atom stereocenters. The van der Waals surface area contributed by atoms with Gasteiger partial charge in [-0.25, -0.2) is 27.5 Å². The number of hydrogen-bond donors (Lipinski definition) is 1. The molecule has 0 amide bonds. The quantitative estimate of drug-likeness (QED) is 0.396. The van der Waals surface area contributed by atoms with Crippen molar-refractivity contribution in [3.05, 3.63) is 65.5 Å². The maximum Gasteiger partial charge on any atom is 0.227 e. The van der Waals surface area contributed by atoms with Crippen molar-refractivity contribution in [3.63, 3.8) is 0 Å². The van der Waals surface area contributed by atoms with E-state index < -0.39 is 35.4 Å². The lowest BCUT2D eigenvalue weighted by Gasteiger charge is -2.60. The second-order valence-electron chi connectivity index (χ2n) is 9.02. The van der Waals surface area contributed by atoms with Crippen molar-refractivity contribution in [2.45, 2.75) is 6.61 Å². The van der Waals surface area contributed by atoms with Gasteiger partial charge in [0.15, 0.2) is 29.0 Å². The molecule has 0 bridgehead atoms. The predicted molar refractivity (Wildman–Crippen MR) is 121 cm³/mol. The molecule has 2 fully saturated rings. The standard InChI is InChI=1S/C24H23F4N5O2/c1-32-10-24(11-32)12-33(13-24)19-4-3-14(5-20(19)34-2)31-23-29-7-15(8-30-23)35-9-16-21(27)17(25)6-18(26)22(16)28/h3-8H,9-13H2,1-2H3,(H,29,30,31). The van der Waals surface area contributed by atoms with Crippen LogP contribution >= 0.6 is 0 Å². The Hall–Kier alpha value is -3.60. The van der Waals surface area contributed by atoms with E-state index in [9.17, 15) is 17.6 Å². The van der Waals surface area contributed by atoms with Gasteiger partial charge in [0, 0.05) is 49.4 Å². The molecule has 3 aromatic rings. The average molecular weight is 489 g/mol. The molecule has 35 heavy (non-hydrogen) atoms. The van der Waals surface area contributed by atoms with E-state index in [4.69, 9.17) is 9.47 Å². The van der Waals surface area contributed by atoms with Crippen molar-refractivity contribution in [2.24, 2.45) is 5.41 Å². The van der Waals surface area contributed by atoms with E-state index in [1.54, 1.807) is 7.11 Å². The first-order valence-electron chi connectivity index (χ1n) is 10.9. The number of hydrogen-bond acceptors (Lipinski definition) is 7. The zero-order chi connectivity index (χ0) is 24.7. The molecule has 2 saturated heterocycles. The molecule has 5 rings (SSSR count). The van der Waals surface area contributed by atoms with Crippen LogP contribution in [0.4, 0.5) is 34.9 Å². The number of likely N-dealkylation sites (tertiary alicyclic amines) is 1. The summed E-state index contributed by atoms with van der Waals surface area (Å²) in [4.78, 5) is 12.8. The van der Waals surface area contributed by atoms with Crippen LogP contribution in [0.25, 0.3) is 0 Å². The van der Waals surface area contributed by atoms with Crippen LogP contribution in [0.2, 0.25) is 0 Å². The summed E-state index contributed by atoms with van der Waals surface area (Å²) in [5, 5.41) is 3.06. The van der Waals surface area contributed by atoms with E-state index in [1.165, 1.54) is 12.4 Å². The Kier molecular flexibility index (Phi) is 5.87. The summed E-state index contributed by atoms with van der Waals surface area (Å²) in [7, 11) is 3.74. The summed E-state index contributed by atoms with van der Waals surface area (Å²) < 4.78 is 65.0. The number of anilines is 3. The molecule has 0 atom stereocenters. The molecule has 1 aromatic heterocycles. The molecule has 184 valence electrons. The number of nitrogens with one attached hydrogen (secondary N) is 1. The first-order chi connectivity index (χ1) is 16.8. The molecule has 3 heterocycles. The van der Waals surface area contributed by atoms with Gasteiger partial charge in [0.05, 0.1) is 30.8 Å². The first-order valence-corrected chi connectivity index (χ1v) is 10.9. The minimum absolute atomic E-state index is 0.0697. The second kappa shape index (κ2) is 8.88. The van der Waals surface area contributed by atoms with E-state index in [0.717, 1.165) is 37.6 Å². The van der Waals surface area contributed by atoms with Gasteiger partial charge in [-0.3, -0.25) is 0 Å². The van der Waals surface area contributed by atoms with Crippen LogP contribution in [-0.2, 0) is 6.61 Å². The lowest BCUT2D eigenvalue weighted by molar-refractivity contribution is -0.00258. The maximum absolute atomic E-state index is 13.8. The van der Waals surface area contributed by atoms with Crippen molar-refractivity contribution < 1.29 is 27.0 Å².